The van der Waals surface area contributed by atoms with Crippen LogP contribution in [0, 0.1) is 5.92 Å². The van der Waals surface area contributed by atoms with Crippen molar-refractivity contribution in [3.05, 3.63) is 35.4 Å². The molecule has 1 aliphatic carbocycles. The van der Waals surface area contributed by atoms with E-state index in [0.29, 0.717) is 17.7 Å². The maximum absolute atomic E-state index is 12.1. The third kappa shape index (κ3) is 3.20. The third-order valence-electron chi connectivity index (χ3n) is 3.69. The minimum absolute atomic E-state index is 0.119. The van der Waals surface area contributed by atoms with Crippen LogP contribution in [0.1, 0.15) is 46.9 Å². The van der Waals surface area contributed by atoms with Crippen LogP contribution < -0.4 is 5.32 Å². The molecule has 1 aromatic carbocycles. The second-order valence-corrected chi connectivity index (χ2v) is 5.07. The Hall–Kier alpha value is -1.68. The SMILES string of the molecule is CC(=O)c1ccccc1C(=O)NCC1CCCC1O. The van der Waals surface area contributed by atoms with E-state index in [0.717, 1.165) is 19.3 Å². The summed E-state index contributed by atoms with van der Waals surface area (Å²) < 4.78 is 0. The molecule has 102 valence electrons. The molecule has 1 fully saturated rings. The van der Waals surface area contributed by atoms with Gasteiger partial charge < -0.3 is 10.4 Å². The van der Waals surface area contributed by atoms with Gasteiger partial charge in [-0.25, -0.2) is 0 Å². The van der Waals surface area contributed by atoms with Gasteiger partial charge in [-0.2, -0.15) is 0 Å². The Bertz CT molecular complexity index is 484. The number of carbonyl (C=O) groups excluding carboxylic acids is 2. The number of Topliss-reactive ketones (excluding diaryl/α,β-unsaturated/α-hetero) is 1. The number of nitrogens with one attached hydrogen (secondary N) is 1. The summed E-state index contributed by atoms with van der Waals surface area (Å²) in [5, 5.41) is 12.5. The minimum Gasteiger partial charge on any atom is -0.393 e. The van der Waals surface area contributed by atoms with Crippen LogP contribution in [0.3, 0.4) is 0 Å². The van der Waals surface area contributed by atoms with Gasteiger partial charge in [0, 0.05) is 18.0 Å². The molecule has 1 aliphatic rings. The second-order valence-electron chi connectivity index (χ2n) is 5.07. The van der Waals surface area contributed by atoms with Gasteiger partial charge in [-0.1, -0.05) is 24.6 Å². The predicted molar refractivity (Wildman–Crippen MR) is 72.1 cm³/mol. The van der Waals surface area contributed by atoms with E-state index in [9.17, 15) is 14.7 Å². The van der Waals surface area contributed by atoms with Gasteiger partial charge in [-0.15, -0.1) is 0 Å². The molecule has 0 radical (unpaired) electrons. The molecule has 4 heteroatoms. The molecule has 1 saturated carbocycles. The van der Waals surface area contributed by atoms with E-state index in [2.05, 4.69) is 5.32 Å². The third-order valence-corrected chi connectivity index (χ3v) is 3.69. The second kappa shape index (κ2) is 5.97. The van der Waals surface area contributed by atoms with Crippen LogP contribution in [0.25, 0.3) is 0 Å². The van der Waals surface area contributed by atoms with Crippen LogP contribution >= 0.6 is 0 Å². The van der Waals surface area contributed by atoms with Crippen molar-refractivity contribution >= 4 is 11.7 Å². The lowest BCUT2D eigenvalue weighted by atomic mass is 10.0. The van der Waals surface area contributed by atoms with E-state index in [4.69, 9.17) is 0 Å². The Morgan fingerprint density at radius 1 is 1.26 bits per heavy atom. The van der Waals surface area contributed by atoms with Gasteiger partial charge in [-0.3, -0.25) is 9.59 Å². The predicted octanol–water partition coefficient (Wildman–Crippen LogP) is 1.78. The average Bonchev–Trinajstić information content (AvgIpc) is 2.81. The molecule has 0 spiro atoms. The highest BCUT2D eigenvalue weighted by atomic mass is 16.3. The lowest BCUT2D eigenvalue weighted by molar-refractivity contribution is 0.0906. The van der Waals surface area contributed by atoms with Gasteiger partial charge in [0.15, 0.2) is 5.78 Å². The fourth-order valence-electron chi connectivity index (χ4n) is 2.56. The summed E-state index contributed by atoms with van der Waals surface area (Å²) in [5.74, 6) is -0.231. The lowest BCUT2D eigenvalue weighted by Crippen LogP contribution is -2.33. The Labute approximate surface area is 112 Å². The Morgan fingerprint density at radius 3 is 2.53 bits per heavy atom. The highest BCUT2D eigenvalue weighted by Crippen LogP contribution is 2.24. The summed E-state index contributed by atoms with van der Waals surface area (Å²) in [6, 6.07) is 6.79. The van der Waals surface area contributed by atoms with Crippen molar-refractivity contribution in [2.45, 2.75) is 32.3 Å². The van der Waals surface area contributed by atoms with E-state index in [1.54, 1.807) is 24.3 Å². The van der Waals surface area contributed by atoms with Gasteiger partial charge in [0.05, 0.1) is 11.7 Å². The molecular weight excluding hydrogens is 242 g/mol. The molecule has 0 bridgehead atoms. The van der Waals surface area contributed by atoms with Crippen molar-refractivity contribution in [3.63, 3.8) is 0 Å². The van der Waals surface area contributed by atoms with E-state index < -0.39 is 0 Å². The summed E-state index contributed by atoms with van der Waals surface area (Å²) in [5.41, 5.74) is 0.842. The summed E-state index contributed by atoms with van der Waals surface area (Å²) >= 11 is 0. The molecule has 0 heterocycles. The van der Waals surface area contributed by atoms with Crippen LogP contribution in [0.4, 0.5) is 0 Å². The zero-order valence-corrected chi connectivity index (χ0v) is 11.1. The van der Waals surface area contributed by atoms with Crippen LogP contribution in [-0.2, 0) is 0 Å². The average molecular weight is 261 g/mol. The first kappa shape index (κ1) is 13.7. The molecule has 2 atom stereocenters. The van der Waals surface area contributed by atoms with Gasteiger partial charge in [-0.05, 0) is 25.8 Å². The Morgan fingerprint density at radius 2 is 1.95 bits per heavy atom. The van der Waals surface area contributed by atoms with Gasteiger partial charge >= 0.3 is 0 Å². The first-order chi connectivity index (χ1) is 9.09. The molecule has 0 aliphatic heterocycles. The van der Waals surface area contributed by atoms with Crippen LogP contribution in [-0.4, -0.2) is 29.4 Å². The normalized spacial score (nSPS) is 22.2. The fourth-order valence-corrected chi connectivity index (χ4v) is 2.56. The number of hydrogen-bond acceptors (Lipinski definition) is 3. The van der Waals surface area contributed by atoms with Crippen molar-refractivity contribution in [1.29, 1.82) is 0 Å². The highest BCUT2D eigenvalue weighted by Gasteiger charge is 2.25. The lowest BCUT2D eigenvalue weighted by Gasteiger charge is -2.15. The molecule has 2 rings (SSSR count). The summed E-state index contributed by atoms with van der Waals surface area (Å²) in [4.78, 5) is 23.6. The van der Waals surface area contributed by atoms with E-state index in [1.807, 2.05) is 0 Å². The number of rotatable bonds is 4. The molecule has 2 N–H and O–H groups in total. The van der Waals surface area contributed by atoms with Gasteiger partial charge in [0.1, 0.15) is 0 Å². The summed E-state index contributed by atoms with van der Waals surface area (Å²) in [6.45, 7) is 1.92. The van der Waals surface area contributed by atoms with Crippen LogP contribution in [0.15, 0.2) is 24.3 Å². The highest BCUT2D eigenvalue weighted by molar-refractivity contribution is 6.07. The standard InChI is InChI=1S/C15H19NO3/c1-10(17)12-6-2-3-7-13(12)15(19)16-9-11-5-4-8-14(11)18/h2-3,6-7,11,14,18H,4-5,8-9H2,1H3,(H,16,19). The van der Waals surface area contributed by atoms with Crippen molar-refractivity contribution in [2.75, 3.05) is 6.54 Å². The van der Waals surface area contributed by atoms with Crippen molar-refractivity contribution in [3.8, 4) is 0 Å². The Kier molecular flexibility index (Phi) is 4.32. The topological polar surface area (TPSA) is 66.4 Å². The van der Waals surface area contributed by atoms with Crippen molar-refractivity contribution in [2.24, 2.45) is 5.92 Å². The molecule has 1 aromatic rings. The molecule has 2 unspecified atom stereocenters. The van der Waals surface area contributed by atoms with E-state index in [-0.39, 0.29) is 23.7 Å². The smallest absolute Gasteiger partial charge is 0.252 e. The quantitative estimate of drug-likeness (QED) is 0.812. The van der Waals surface area contributed by atoms with Gasteiger partial charge in [0.2, 0.25) is 0 Å². The maximum Gasteiger partial charge on any atom is 0.252 e. The molecule has 4 nitrogen and oxygen atoms in total. The summed E-state index contributed by atoms with van der Waals surface area (Å²) in [6.07, 6.45) is 2.44. The number of benzene rings is 1. The number of ketones is 1. The fraction of sp³-hybridized carbons (Fsp3) is 0.467. The molecule has 1 amide bonds. The van der Waals surface area contributed by atoms with E-state index >= 15 is 0 Å². The Balaban J connectivity index is 2.02. The number of amides is 1. The largest absolute Gasteiger partial charge is 0.393 e. The van der Waals surface area contributed by atoms with Crippen molar-refractivity contribution in [1.82, 2.24) is 5.32 Å². The first-order valence-electron chi connectivity index (χ1n) is 6.66. The zero-order valence-electron chi connectivity index (χ0n) is 11.1. The monoisotopic (exact) mass is 261 g/mol. The summed E-state index contributed by atoms with van der Waals surface area (Å²) in [7, 11) is 0. The van der Waals surface area contributed by atoms with Gasteiger partial charge in [0.25, 0.3) is 5.91 Å². The van der Waals surface area contributed by atoms with Crippen molar-refractivity contribution < 1.29 is 14.7 Å². The molecule has 0 aromatic heterocycles. The minimum atomic E-state index is -0.316. The van der Waals surface area contributed by atoms with E-state index in [1.165, 1.54) is 6.92 Å². The number of hydrogen-bond donors (Lipinski definition) is 2. The zero-order chi connectivity index (χ0) is 13.8. The van der Waals surface area contributed by atoms with Crippen LogP contribution in [0.5, 0.6) is 0 Å². The number of aliphatic hydroxyl groups is 1. The maximum atomic E-state index is 12.1. The molecular formula is C15H19NO3. The molecule has 19 heavy (non-hydrogen) atoms. The molecule has 0 saturated heterocycles. The number of carbonyl (C=O) groups is 2. The van der Waals surface area contributed by atoms with Crippen LogP contribution in [0.2, 0.25) is 0 Å². The number of aliphatic hydroxyl groups excluding tert-OH is 1. The first-order valence-corrected chi connectivity index (χ1v) is 6.66.